The Bertz CT molecular complexity index is 426. The van der Waals surface area contributed by atoms with Crippen molar-refractivity contribution in [1.29, 1.82) is 0 Å². The summed E-state index contributed by atoms with van der Waals surface area (Å²) in [7, 11) is 0. The van der Waals surface area contributed by atoms with Gasteiger partial charge in [-0.15, -0.1) is 0 Å². The smallest absolute Gasteiger partial charge is 0.0233 e. The van der Waals surface area contributed by atoms with Crippen LogP contribution in [0, 0.1) is 58.7 Å². The maximum atomic E-state index is 2.63. The normalized spacial score (nSPS) is 47.1. The highest BCUT2D eigenvalue weighted by Gasteiger charge is 2.71. The molecule has 0 aromatic rings. The number of hydrogen-bond donors (Lipinski definition) is 0. The summed E-state index contributed by atoms with van der Waals surface area (Å²) < 4.78 is 0. The second-order valence-corrected chi connectivity index (χ2v) is 10.2. The summed E-state index contributed by atoms with van der Waals surface area (Å²) in [4.78, 5) is 0. The van der Waals surface area contributed by atoms with Crippen LogP contribution in [0.15, 0.2) is 0 Å². The number of rotatable bonds is 8. The van der Waals surface area contributed by atoms with Gasteiger partial charge in [0, 0.05) is 0 Å². The van der Waals surface area contributed by atoms with Gasteiger partial charge in [-0.25, -0.2) is 0 Å². The molecule has 0 bridgehead atoms. The third-order valence-corrected chi connectivity index (χ3v) is 9.61. The molecule has 3 aliphatic carbocycles. The van der Waals surface area contributed by atoms with Crippen LogP contribution in [-0.4, -0.2) is 0 Å². The molecule has 3 rings (SSSR count). The number of fused-ring (bicyclic) bond motifs is 3. The highest BCUT2D eigenvalue weighted by Crippen LogP contribution is 2.77. The molecule has 0 saturated heterocycles. The van der Waals surface area contributed by atoms with Gasteiger partial charge in [0.25, 0.3) is 0 Å². The molecule has 0 amide bonds. The standard InChI is InChI=1S/C24H44/c1-8-11-15(4)16(5)19(10-3)22-18(7)21-17(6)20-12-14-24(20,13-9-2)23(21)22/h15-23H,8-14H2,1-7H3. The van der Waals surface area contributed by atoms with Crippen LogP contribution in [0.25, 0.3) is 0 Å². The molecule has 0 aromatic carbocycles. The lowest BCUT2D eigenvalue weighted by atomic mass is 9.43. The zero-order valence-corrected chi connectivity index (χ0v) is 17.6. The quantitative estimate of drug-likeness (QED) is 0.433. The fourth-order valence-corrected chi connectivity index (χ4v) is 8.48. The van der Waals surface area contributed by atoms with Gasteiger partial charge in [0.2, 0.25) is 0 Å². The Kier molecular flexibility index (Phi) is 5.44. The van der Waals surface area contributed by atoms with Crippen LogP contribution in [0.2, 0.25) is 0 Å². The first-order valence-electron chi connectivity index (χ1n) is 11.4. The molecule has 3 fully saturated rings. The molecule has 10 atom stereocenters. The molecule has 0 spiro atoms. The summed E-state index contributed by atoms with van der Waals surface area (Å²) in [6, 6.07) is 0. The zero-order chi connectivity index (χ0) is 17.6. The van der Waals surface area contributed by atoms with E-state index in [1.165, 1.54) is 32.1 Å². The van der Waals surface area contributed by atoms with Crippen molar-refractivity contribution in [3.8, 4) is 0 Å². The summed E-state index contributed by atoms with van der Waals surface area (Å²) in [6.07, 6.45) is 10.2. The second-order valence-electron chi connectivity index (χ2n) is 10.2. The van der Waals surface area contributed by atoms with Crippen LogP contribution in [0.3, 0.4) is 0 Å². The molecule has 0 aliphatic heterocycles. The van der Waals surface area contributed by atoms with E-state index in [1.54, 1.807) is 12.8 Å². The summed E-state index contributed by atoms with van der Waals surface area (Å²) in [6.45, 7) is 17.7. The van der Waals surface area contributed by atoms with Crippen LogP contribution in [0.1, 0.15) is 93.4 Å². The molecule has 140 valence electrons. The van der Waals surface area contributed by atoms with Gasteiger partial charge in [-0.05, 0) is 77.9 Å². The lowest BCUT2D eigenvalue weighted by Gasteiger charge is -2.61. The molecule has 0 heteroatoms. The predicted molar refractivity (Wildman–Crippen MR) is 106 cm³/mol. The Morgan fingerprint density at radius 3 is 2.21 bits per heavy atom. The highest BCUT2D eigenvalue weighted by molar-refractivity contribution is 5.19. The van der Waals surface area contributed by atoms with Gasteiger partial charge in [-0.2, -0.15) is 0 Å². The molecular formula is C24H44. The molecule has 0 heterocycles. The van der Waals surface area contributed by atoms with E-state index in [4.69, 9.17) is 0 Å². The SMILES string of the molecule is CCCC(C)C(C)C(CC)C1C(C)C2C(C)C3CCC3(CCC)C21. The van der Waals surface area contributed by atoms with Crippen LogP contribution < -0.4 is 0 Å². The number of hydrogen-bond acceptors (Lipinski definition) is 0. The Hall–Kier alpha value is 0. The van der Waals surface area contributed by atoms with Gasteiger partial charge in [0.05, 0.1) is 0 Å². The lowest BCUT2D eigenvalue weighted by molar-refractivity contribution is -0.133. The van der Waals surface area contributed by atoms with E-state index >= 15 is 0 Å². The van der Waals surface area contributed by atoms with E-state index in [2.05, 4.69) is 48.5 Å². The third kappa shape index (κ3) is 2.44. The molecule has 0 nitrogen and oxygen atoms in total. The van der Waals surface area contributed by atoms with Crippen molar-refractivity contribution < 1.29 is 0 Å². The highest BCUT2D eigenvalue weighted by atomic mass is 14.8. The van der Waals surface area contributed by atoms with Gasteiger partial charge >= 0.3 is 0 Å². The fraction of sp³-hybridized carbons (Fsp3) is 1.00. The van der Waals surface area contributed by atoms with E-state index < -0.39 is 0 Å². The molecule has 0 aromatic heterocycles. The maximum Gasteiger partial charge on any atom is -0.0233 e. The zero-order valence-electron chi connectivity index (χ0n) is 17.6. The van der Waals surface area contributed by atoms with Gasteiger partial charge in [-0.3, -0.25) is 0 Å². The van der Waals surface area contributed by atoms with Crippen molar-refractivity contribution in [3.63, 3.8) is 0 Å². The molecule has 10 unspecified atom stereocenters. The Morgan fingerprint density at radius 1 is 1.00 bits per heavy atom. The van der Waals surface area contributed by atoms with E-state index in [0.29, 0.717) is 0 Å². The molecule has 0 radical (unpaired) electrons. The van der Waals surface area contributed by atoms with Crippen molar-refractivity contribution in [1.82, 2.24) is 0 Å². The largest absolute Gasteiger partial charge is 0.0654 e. The second kappa shape index (κ2) is 6.96. The summed E-state index contributed by atoms with van der Waals surface area (Å²) in [5.41, 5.74) is 0.775. The lowest BCUT2D eigenvalue weighted by Crippen LogP contribution is -2.56. The predicted octanol–water partition coefficient (Wildman–Crippen LogP) is 7.43. The Labute approximate surface area is 152 Å². The monoisotopic (exact) mass is 332 g/mol. The first kappa shape index (κ1) is 18.8. The fourth-order valence-electron chi connectivity index (χ4n) is 8.48. The van der Waals surface area contributed by atoms with E-state index in [9.17, 15) is 0 Å². The first-order chi connectivity index (χ1) is 11.4. The maximum absolute atomic E-state index is 2.63. The van der Waals surface area contributed by atoms with Gasteiger partial charge in [-0.1, -0.05) is 74.1 Å². The van der Waals surface area contributed by atoms with Crippen LogP contribution in [-0.2, 0) is 0 Å². The van der Waals surface area contributed by atoms with E-state index in [-0.39, 0.29) is 0 Å². The molecule has 3 saturated carbocycles. The summed E-state index contributed by atoms with van der Waals surface area (Å²) in [5.74, 6) is 9.07. The van der Waals surface area contributed by atoms with Crippen molar-refractivity contribution >= 4 is 0 Å². The van der Waals surface area contributed by atoms with Crippen molar-refractivity contribution in [2.75, 3.05) is 0 Å². The minimum atomic E-state index is 0.775. The van der Waals surface area contributed by atoms with Crippen molar-refractivity contribution in [2.45, 2.75) is 93.4 Å². The average molecular weight is 333 g/mol. The topological polar surface area (TPSA) is 0 Å². The van der Waals surface area contributed by atoms with Gasteiger partial charge in [0.15, 0.2) is 0 Å². The molecule has 3 aliphatic rings. The van der Waals surface area contributed by atoms with E-state index in [0.717, 1.165) is 58.7 Å². The molecular weight excluding hydrogens is 288 g/mol. The minimum Gasteiger partial charge on any atom is -0.0654 e. The first-order valence-corrected chi connectivity index (χ1v) is 11.4. The van der Waals surface area contributed by atoms with Crippen LogP contribution in [0.4, 0.5) is 0 Å². The van der Waals surface area contributed by atoms with E-state index in [1.807, 2.05) is 0 Å². The third-order valence-electron chi connectivity index (χ3n) is 9.61. The molecule has 24 heavy (non-hydrogen) atoms. The van der Waals surface area contributed by atoms with Crippen LogP contribution >= 0.6 is 0 Å². The Morgan fingerprint density at radius 2 is 1.71 bits per heavy atom. The van der Waals surface area contributed by atoms with Crippen molar-refractivity contribution in [2.24, 2.45) is 58.7 Å². The Balaban J connectivity index is 1.83. The van der Waals surface area contributed by atoms with Crippen LogP contribution in [0.5, 0.6) is 0 Å². The van der Waals surface area contributed by atoms with Gasteiger partial charge < -0.3 is 0 Å². The average Bonchev–Trinajstić information content (AvgIpc) is 2.66. The summed E-state index contributed by atoms with van der Waals surface area (Å²) >= 11 is 0. The van der Waals surface area contributed by atoms with Crippen molar-refractivity contribution in [3.05, 3.63) is 0 Å². The van der Waals surface area contributed by atoms with Gasteiger partial charge in [0.1, 0.15) is 0 Å². The summed E-state index contributed by atoms with van der Waals surface area (Å²) in [5, 5.41) is 0. The molecule has 0 N–H and O–H groups in total. The minimum absolute atomic E-state index is 0.775.